The predicted octanol–water partition coefficient (Wildman–Crippen LogP) is 3.98. The van der Waals surface area contributed by atoms with E-state index in [0.29, 0.717) is 17.9 Å². The van der Waals surface area contributed by atoms with Crippen molar-refractivity contribution in [1.82, 2.24) is 10.6 Å². The molecule has 0 saturated carbocycles. The maximum absolute atomic E-state index is 12.8. The minimum atomic E-state index is -0.388. The lowest BCUT2D eigenvalue weighted by Gasteiger charge is -2.12. The normalized spacial score (nSPS) is 11.1. The summed E-state index contributed by atoms with van der Waals surface area (Å²) in [5.74, 6) is -0.265. The molecule has 0 unspecified atom stereocenters. The van der Waals surface area contributed by atoms with E-state index < -0.39 is 0 Å². The summed E-state index contributed by atoms with van der Waals surface area (Å²) in [5.41, 5.74) is 3.67. The number of carbonyl (C=O) groups excluding carboxylic acids is 2. The molecule has 5 heteroatoms. The summed E-state index contributed by atoms with van der Waals surface area (Å²) in [6, 6.07) is 18.4. The van der Waals surface area contributed by atoms with Gasteiger partial charge in [-0.05, 0) is 49.2 Å². The van der Waals surface area contributed by atoms with Crippen LogP contribution in [0.25, 0.3) is 6.08 Å². The van der Waals surface area contributed by atoms with Crippen molar-refractivity contribution in [1.29, 1.82) is 0 Å². The van der Waals surface area contributed by atoms with Gasteiger partial charge in [0.1, 0.15) is 11.5 Å². The first-order chi connectivity index (χ1) is 13.5. The van der Waals surface area contributed by atoms with Crippen molar-refractivity contribution in [3.8, 4) is 0 Å². The molecule has 0 bridgehead atoms. The Bertz CT molecular complexity index is 1000. The van der Waals surface area contributed by atoms with Gasteiger partial charge in [0.25, 0.3) is 11.8 Å². The van der Waals surface area contributed by atoms with Gasteiger partial charge in [-0.1, -0.05) is 42.0 Å². The number of hydrogen-bond acceptors (Lipinski definition) is 3. The van der Waals surface area contributed by atoms with Gasteiger partial charge >= 0.3 is 0 Å². The van der Waals surface area contributed by atoms with Crippen molar-refractivity contribution >= 4 is 17.9 Å². The Kier molecular flexibility index (Phi) is 6.07. The molecule has 2 aromatic carbocycles. The van der Waals surface area contributed by atoms with Crippen LogP contribution in [0.5, 0.6) is 0 Å². The van der Waals surface area contributed by atoms with Gasteiger partial charge < -0.3 is 15.1 Å². The van der Waals surface area contributed by atoms with Gasteiger partial charge in [0, 0.05) is 18.2 Å². The maximum atomic E-state index is 12.8. The molecule has 0 spiro atoms. The van der Waals surface area contributed by atoms with E-state index in [1.165, 1.54) is 12.3 Å². The standard InChI is InChI=1S/C23H22N2O3/c1-16-7-5-10-18(13-16)22(26)25-21(14-20-11-6-12-28-20)23(27)24-15-19-9-4-3-8-17(19)2/h3-14H,15H2,1-2H3,(H,24,27)(H,25,26)/b21-14-. The van der Waals surface area contributed by atoms with Gasteiger partial charge in [-0.2, -0.15) is 0 Å². The number of rotatable bonds is 6. The highest BCUT2D eigenvalue weighted by Gasteiger charge is 2.15. The Morgan fingerprint density at radius 2 is 1.82 bits per heavy atom. The molecule has 0 atom stereocenters. The molecule has 0 saturated heterocycles. The molecule has 2 amide bonds. The highest BCUT2D eigenvalue weighted by molar-refractivity contribution is 6.05. The minimum Gasteiger partial charge on any atom is -0.465 e. The first kappa shape index (κ1) is 19.2. The van der Waals surface area contributed by atoms with Crippen LogP contribution < -0.4 is 10.6 Å². The fourth-order valence-electron chi connectivity index (χ4n) is 2.73. The van der Waals surface area contributed by atoms with E-state index in [9.17, 15) is 9.59 Å². The van der Waals surface area contributed by atoms with Crippen LogP contribution in [0.1, 0.15) is 32.8 Å². The number of aryl methyl sites for hydroxylation is 2. The van der Waals surface area contributed by atoms with Gasteiger partial charge in [0.2, 0.25) is 0 Å². The Balaban J connectivity index is 1.78. The van der Waals surface area contributed by atoms with Crippen LogP contribution in [0.15, 0.2) is 77.0 Å². The number of benzene rings is 2. The summed E-state index contributed by atoms with van der Waals surface area (Å²) in [4.78, 5) is 25.4. The molecular weight excluding hydrogens is 352 g/mol. The summed E-state index contributed by atoms with van der Waals surface area (Å²) in [6.07, 6.45) is 3.03. The van der Waals surface area contributed by atoms with Gasteiger partial charge in [0.05, 0.1) is 6.26 Å². The summed E-state index contributed by atoms with van der Waals surface area (Å²) >= 11 is 0. The molecule has 0 radical (unpaired) electrons. The molecular formula is C23H22N2O3. The molecule has 0 aliphatic carbocycles. The summed E-state index contributed by atoms with van der Waals surface area (Å²) in [6.45, 7) is 4.26. The van der Waals surface area contributed by atoms with Gasteiger partial charge in [-0.15, -0.1) is 0 Å². The van der Waals surface area contributed by atoms with Crippen LogP contribution in [0.4, 0.5) is 0 Å². The molecule has 2 N–H and O–H groups in total. The van der Waals surface area contributed by atoms with Crippen molar-refractivity contribution in [3.05, 3.63) is 101 Å². The van der Waals surface area contributed by atoms with Crippen molar-refractivity contribution in [3.63, 3.8) is 0 Å². The number of hydrogen-bond donors (Lipinski definition) is 2. The van der Waals surface area contributed by atoms with E-state index in [-0.39, 0.29) is 17.5 Å². The quantitative estimate of drug-likeness (QED) is 0.641. The van der Waals surface area contributed by atoms with Gasteiger partial charge in [0.15, 0.2) is 0 Å². The van der Waals surface area contributed by atoms with E-state index in [0.717, 1.165) is 16.7 Å². The molecule has 1 aromatic heterocycles. The third-order valence-corrected chi connectivity index (χ3v) is 4.30. The highest BCUT2D eigenvalue weighted by Crippen LogP contribution is 2.10. The van der Waals surface area contributed by atoms with Crippen molar-refractivity contribution in [2.45, 2.75) is 20.4 Å². The van der Waals surface area contributed by atoms with E-state index in [1.54, 1.807) is 30.3 Å². The average molecular weight is 374 g/mol. The van der Waals surface area contributed by atoms with Crippen molar-refractivity contribution in [2.24, 2.45) is 0 Å². The Morgan fingerprint density at radius 1 is 1.00 bits per heavy atom. The number of nitrogens with one attached hydrogen (secondary N) is 2. The van der Waals surface area contributed by atoms with E-state index >= 15 is 0 Å². The highest BCUT2D eigenvalue weighted by atomic mass is 16.3. The Hall–Kier alpha value is -3.60. The van der Waals surface area contributed by atoms with Crippen LogP contribution in [-0.2, 0) is 11.3 Å². The topological polar surface area (TPSA) is 71.3 Å². The lowest BCUT2D eigenvalue weighted by molar-refractivity contribution is -0.117. The van der Waals surface area contributed by atoms with E-state index in [4.69, 9.17) is 4.42 Å². The molecule has 28 heavy (non-hydrogen) atoms. The first-order valence-corrected chi connectivity index (χ1v) is 8.99. The molecule has 0 fully saturated rings. The number of furan rings is 1. The van der Waals surface area contributed by atoms with E-state index in [2.05, 4.69) is 10.6 Å². The smallest absolute Gasteiger partial charge is 0.268 e. The molecule has 5 nitrogen and oxygen atoms in total. The monoisotopic (exact) mass is 374 g/mol. The maximum Gasteiger partial charge on any atom is 0.268 e. The van der Waals surface area contributed by atoms with Gasteiger partial charge in [-0.3, -0.25) is 9.59 Å². The molecule has 0 aliphatic heterocycles. The second-order valence-electron chi connectivity index (χ2n) is 6.51. The van der Waals surface area contributed by atoms with Crippen LogP contribution in [0.3, 0.4) is 0 Å². The molecule has 3 rings (SSSR count). The molecule has 1 heterocycles. The lowest BCUT2D eigenvalue weighted by Crippen LogP contribution is -2.34. The third kappa shape index (κ3) is 4.98. The number of amides is 2. The zero-order chi connectivity index (χ0) is 19.9. The van der Waals surface area contributed by atoms with Crippen LogP contribution in [0.2, 0.25) is 0 Å². The zero-order valence-electron chi connectivity index (χ0n) is 15.9. The van der Waals surface area contributed by atoms with Crippen LogP contribution >= 0.6 is 0 Å². The Morgan fingerprint density at radius 3 is 2.54 bits per heavy atom. The van der Waals surface area contributed by atoms with Crippen molar-refractivity contribution < 1.29 is 14.0 Å². The molecule has 3 aromatic rings. The summed E-state index contributed by atoms with van der Waals surface area (Å²) in [7, 11) is 0. The second-order valence-corrected chi connectivity index (χ2v) is 6.51. The molecule has 0 aliphatic rings. The fraction of sp³-hybridized carbons (Fsp3) is 0.130. The van der Waals surface area contributed by atoms with Crippen LogP contribution in [0, 0.1) is 13.8 Å². The van der Waals surface area contributed by atoms with Crippen LogP contribution in [-0.4, -0.2) is 11.8 Å². The van der Waals surface area contributed by atoms with E-state index in [1.807, 2.05) is 44.2 Å². The van der Waals surface area contributed by atoms with Gasteiger partial charge in [-0.25, -0.2) is 0 Å². The predicted molar refractivity (Wildman–Crippen MR) is 108 cm³/mol. The zero-order valence-corrected chi connectivity index (χ0v) is 15.9. The SMILES string of the molecule is Cc1cccc(C(=O)N/C(=C\c2ccco2)C(=O)NCc2ccccc2C)c1. The summed E-state index contributed by atoms with van der Waals surface area (Å²) < 4.78 is 5.29. The fourth-order valence-corrected chi connectivity index (χ4v) is 2.73. The largest absolute Gasteiger partial charge is 0.465 e. The summed E-state index contributed by atoms with van der Waals surface area (Å²) in [5, 5.41) is 5.56. The van der Waals surface area contributed by atoms with Crippen molar-refractivity contribution in [2.75, 3.05) is 0 Å². The minimum absolute atomic E-state index is 0.120. The third-order valence-electron chi connectivity index (χ3n) is 4.30. The molecule has 142 valence electrons. The average Bonchev–Trinajstić information content (AvgIpc) is 3.19. The number of carbonyl (C=O) groups is 2. The Labute approximate surface area is 164 Å². The lowest BCUT2D eigenvalue weighted by atomic mass is 10.1. The second kappa shape index (κ2) is 8.86. The first-order valence-electron chi connectivity index (χ1n) is 8.99.